The van der Waals surface area contributed by atoms with Crippen LogP contribution in [0.4, 0.5) is 0 Å². The Kier molecular flexibility index (Phi) is 8.26. The van der Waals surface area contributed by atoms with Gasteiger partial charge in [0.1, 0.15) is 10.0 Å². The number of aliphatic imine (C=N–C) groups is 1. The van der Waals surface area contributed by atoms with Crippen molar-refractivity contribution in [3.8, 4) is 0 Å². The first-order valence-electron chi connectivity index (χ1n) is 6.88. The lowest BCUT2D eigenvalue weighted by Crippen LogP contribution is -2.36. The summed E-state index contributed by atoms with van der Waals surface area (Å²) < 4.78 is 0. The van der Waals surface area contributed by atoms with E-state index in [0.29, 0.717) is 19.0 Å². The van der Waals surface area contributed by atoms with Crippen molar-refractivity contribution in [2.75, 3.05) is 7.05 Å². The molecule has 0 aliphatic heterocycles. The molecule has 0 amide bonds. The van der Waals surface area contributed by atoms with Crippen molar-refractivity contribution in [1.29, 1.82) is 0 Å². The highest BCUT2D eigenvalue weighted by molar-refractivity contribution is 14.0. The third-order valence-electron chi connectivity index (χ3n) is 2.87. The van der Waals surface area contributed by atoms with Gasteiger partial charge in [-0.1, -0.05) is 13.8 Å². The normalized spacial score (nSPS) is 11.4. The number of nitrogens with zero attached hydrogens (tertiary/aromatic N) is 3. The van der Waals surface area contributed by atoms with Crippen molar-refractivity contribution in [3.05, 3.63) is 32.2 Å². The molecule has 5 nitrogen and oxygen atoms in total. The molecule has 0 saturated heterocycles. The average Bonchev–Trinajstić information content (AvgIpc) is 3.08. The van der Waals surface area contributed by atoms with Crippen LogP contribution in [0.25, 0.3) is 0 Å². The molecule has 2 aromatic rings. The van der Waals surface area contributed by atoms with Gasteiger partial charge < -0.3 is 10.6 Å². The van der Waals surface area contributed by atoms with E-state index in [1.165, 1.54) is 4.88 Å². The van der Waals surface area contributed by atoms with Gasteiger partial charge in [-0.15, -0.1) is 46.7 Å². The van der Waals surface area contributed by atoms with Crippen molar-refractivity contribution in [1.82, 2.24) is 20.6 Å². The van der Waals surface area contributed by atoms with Crippen molar-refractivity contribution in [2.45, 2.75) is 39.8 Å². The summed E-state index contributed by atoms with van der Waals surface area (Å²) in [5, 5.41) is 10.8. The summed E-state index contributed by atoms with van der Waals surface area (Å²) in [6, 6.07) is 0. The van der Waals surface area contributed by atoms with E-state index in [9.17, 15) is 0 Å². The van der Waals surface area contributed by atoms with Crippen LogP contribution in [-0.4, -0.2) is 23.0 Å². The lowest BCUT2D eigenvalue weighted by atomic mass is 10.2. The second-order valence-corrected chi connectivity index (χ2v) is 7.23. The maximum atomic E-state index is 4.60. The highest BCUT2D eigenvalue weighted by atomic mass is 127. The molecule has 0 aromatic carbocycles. The summed E-state index contributed by atoms with van der Waals surface area (Å²) in [6.07, 6.45) is 1.89. The third-order valence-corrected chi connectivity index (χ3v) is 4.65. The van der Waals surface area contributed by atoms with Crippen LogP contribution in [0.15, 0.2) is 16.6 Å². The van der Waals surface area contributed by atoms with Crippen molar-refractivity contribution < 1.29 is 0 Å². The maximum Gasteiger partial charge on any atom is 0.191 e. The van der Waals surface area contributed by atoms with Crippen molar-refractivity contribution >= 4 is 52.6 Å². The first-order valence-corrected chi connectivity index (χ1v) is 8.58. The van der Waals surface area contributed by atoms with Crippen molar-refractivity contribution in [3.63, 3.8) is 0 Å². The van der Waals surface area contributed by atoms with E-state index in [4.69, 9.17) is 0 Å². The molecular formula is C14H22IN5S2. The predicted molar refractivity (Wildman–Crippen MR) is 106 cm³/mol. The van der Waals surface area contributed by atoms with E-state index in [1.807, 2.05) is 6.20 Å². The lowest BCUT2D eigenvalue weighted by Gasteiger charge is -2.09. The Morgan fingerprint density at radius 3 is 2.45 bits per heavy atom. The minimum atomic E-state index is 0. The number of halogens is 1. The fourth-order valence-electron chi connectivity index (χ4n) is 1.69. The van der Waals surface area contributed by atoms with Gasteiger partial charge in [-0.2, -0.15) is 0 Å². The van der Waals surface area contributed by atoms with Gasteiger partial charge in [0.2, 0.25) is 0 Å². The number of nitrogens with one attached hydrogen (secondary N) is 2. The second-order valence-electron chi connectivity index (χ2n) is 4.96. The second kappa shape index (κ2) is 9.41. The Morgan fingerprint density at radius 2 is 1.95 bits per heavy atom. The molecule has 0 unspecified atom stereocenters. The molecule has 22 heavy (non-hydrogen) atoms. The number of guanidine groups is 1. The van der Waals surface area contributed by atoms with Gasteiger partial charge in [-0.3, -0.25) is 4.99 Å². The summed E-state index contributed by atoms with van der Waals surface area (Å²) in [4.78, 5) is 14.4. The SMILES string of the molecule is CN=C(NCc1nc(C(C)C)cs1)NCc1ncc(C)s1.I. The van der Waals surface area contributed by atoms with Gasteiger partial charge in [0.05, 0.1) is 18.8 Å². The molecule has 2 rings (SSSR count). The molecule has 0 spiro atoms. The summed E-state index contributed by atoms with van der Waals surface area (Å²) in [5.74, 6) is 1.24. The summed E-state index contributed by atoms with van der Waals surface area (Å²) in [6.45, 7) is 7.75. The van der Waals surface area contributed by atoms with Crippen LogP contribution in [0.3, 0.4) is 0 Å². The van der Waals surface area contributed by atoms with Gasteiger partial charge in [-0.25, -0.2) is 9.97 Å². The zero-order valence-electron chi connectivity index (χ0n) is 13.2. The van der Waals surface area contributed by atoms with Crippen LogP contribution >= 0.6 is 46.7 Å². The Hall–Kier alpha value is -0.740. The molecule has 0 saturated carbocycles. The first-order chi connectivity index (χ1) is 10.1. The van der Waals surface area contributed by atoms with Crippen LogP contribution in [0.5, 0.6) is 0 Å². The smallest absolute Gasteiger partial charge is 0.191 e. The van der Waals surface area contributed by atoms with Gasteiger partial charge in [0.25, 0.3) is 0 Å². The van der Waals surface area contributed by atoms with Crippen LogP contribution in [0, 0.1) is 6.92 Å². The fourth-order valence-corrected chi connectivity index (χ4v) is 3.32. The Balaban J connectivity index is 0.00000242. The Morgan fingerprint density at radius 1 is 1.27 bits per heavy atom. The lowest BCUT2D eigenvalue weighted by molar-refractivity contribution is 0.783. The molecule has 0 atom stereocenters. The van der Waals surface area contributed by atoms with Gasteiger partial charge in [-0.05, 0) is 12.8 Å². The third kappa shape index (κ3) is 5.81. The van der Waals surface area contributed by atoms with E-state index in [-0.39, 0.29) is 24.0 Å². The maximum absolute atomic E-state index is 4.60. The number of aryl methyl sites for hydroxylation is 1. The summed E-state index contributed by atoms with van der Waals surface area (Å²) >= 11 is 3.38. The monoisotopic (exact) mass is 451 g/mol. The van der Waals surface area contributed by atoms with E-state index in [2.05, 4.69) is 51.7 Å². The van der Waals surface area contributed by atoms with E-state index in [0.717, 1.165) is 21.7 Å². The van der Waals surface area contributed by atoms with Gasteiger partial charge >= 0.3 is 0 Å². The molecule has 0 radical (unpaired) electrons. The molecule has 0 bridgehead atoms. The molecule has 0 aliphatic carbocycles. The van der Waals surface area contributed by atoms with E-state index >= 15 is 0 Å². The van der Waals surface area contributed by atoms with Gasteiger partial charge in [0.15, 0.2) is 5.96 Å². The van der Waals surface area contributed by atoms with Crippen LogP contribution in [-0.2, 0) is 13.1 Å². The zero-order chi connectivity index (χ0) is 15.2. The molecule has 122 valence electrons. The van der Waals surface area contributed by atoms with Crippen LogP contribution in [0.2, 0.25) is 0 Å². The predicted octanol–water partition coefficient (Wildman–Crippen LogP) is 3.51. The molecule has 0 fully saturated rings. The van der Waals surface area contributed by atoms with Crippen LogP contribution < -0.4 is 10.6 Å². The summed E-state index contributed by atoms with van der Waals surface area (Å²) in [7, 11) is 1.77. The number of thiazole rings is 2. The van der Waals surface area contributed by atoms with Crippen LogP contribution in [0.1, 0.15) is 40.4 Å². The summed E-state index contributed by atoms with van der Waals surface area (Å²) in [5.41, 5.74) is 1.15. The minimum absolute atomic E-state index is 0. The fraction of sp³-hybridized carbons (Fsp3) is 0.500. The molecule has 2 heterocycles. The van der Waals surface area contributed by atoms with Gasteiger partial charge in [0, 0.05) is 23.5 Å². The molecular weight excluding hydrogens is 429 g/mol. The number of rotatable bonds is 5. The molecule has 2 N–H and O–H groups in total. The molecule has 8 heteroatoms. The number of hydrogen-bond donors (Lipinski definition) is 2. The van der Waals surface area contributed by atoms with E-state index in [1.54, 1.807) is 29.7 Å². The zero-order valence-corrected chi connectivity index (χ0v) is 17.2. The first kappa shape index (κ1) is 19.3. The highest BCUT2D eigenvalue weighted by Gasteiger charge is 2.06. The topological polar surface area (TPSA) is 62.2 Å². The van der Waals surface area contributed by atoms with Crippen molar-refractivity contribution in [2.24, 2.45) is 4.99 Å². The molecule has 0 aliphatic rings. The number of aromatic nitrogens is 2. The largest absolute Gasteiger partial charge is 0.350 e. The average molecular weight is 451 g/mol. The Bertz CT molecular complexity index is 606. The molecule has 2 aromatic heterocycles. The standard InChI is InChI=1S/C14H21N5S2.HI/c1-9(2)11-8-20-13(19-11)7-18-14(15-4)17-6-12-16-5-10(3)21-12;/h5,8-9H,6-7H2,1-4H3,(H2,15,17,18);1H. The Labute approximate surface area is 156 Å². The highest BCUT2D eigenvalue weighted by Crippen LogP contribution is 2.17. The van der Waals surface area contributed by atoms with E-state index < -0.39 is 0 Å². The minimum Gasteiger partial charge on any atom is -0.350 e. The number of hydrogen-bond acceptors (Lipinski definition) is 5. The quantitative estimate of drug-likeness (QED) is 0.415.